The molecule has 1 aliphatic heterocycles. The minimum absolute atomic E-state index is 0.0519. The van der Waals surface area contributed by atoms with Gasteiger partial charge in [-0.3, -0.25) is 9.69 Å². The average molecular weight is 415 g/mol. The number of carbonyl (C=O) groups is 1. The predicted octanol–water partition coefficient (Wildman–Crippen LogP) is 5.23. The zero-order chi connectivity index (χ0) is 18.7. The van der Waals surface area contributed by atoms with Crippen LogP contribution in [0.3, 0.4) is 0 Å². The van der Waals surface area contributed by atoms with Gasteiger partial charge in [-0.15, -0.1) is 0 Å². The Morgan fingerprint density at radius 2 is 1.92 bits per heavy atom. The second-order valence-corrected chi connectivity index (χ2v) is 8.38. The Morgan fingerprint density at radius 1 is 1.19 bits per heavy atom. The largest absolute Gasteiger partial charge is 0.325 e. The van der Waals surface area contributed by atoms with Crippen molar-refractivity contribution in [3.05, 3.63) is 63.1 Å². The molecular weight excluding hydrogens is 388 g/mol. The lowest BCUT2D eigenvalue weighted by atomic mass is 9.96. The number of benzene rings is 2. The first kappa shape index (κ1) is 19.1. The van der Waals surface area contributed by atoms with E-state index in [0.29, 0.717) is 0 Å². The molecule has 1 N–H and O–H groups in total. The number of nitrogens with one attached hydrogen (secondary N) is 1. The second-order valence-electron chi connectivity index (χ2n) is 7.47. The van der Waals surface area contributed by atoms with E-state index in [9.17, 15) is 4.79 Å². The molecule has 1 atom stereocenters. The Balaban J connectivity index is 1.65. The van der Waals surface area contributed by atoms with E-state index < -0.39 is 0 Å². The molecule has 0 bridgehead atoms. The first-order valence-electron chi connectivity index (χ1n) is 9.28. The highest BCUT2D eigenvalue weighted by Gasteiger charge is 2.26. The number of piperidine rings is 1. The van der Waals surface area contributed by atoms with Crippen molar-refractivity contribution in [2.45, 2.75) is 40.2 Å². The van der Waals surface area contributed by atoms with Crippen molar-refractivity contribution in [2.75, 3.05) is 18.4 Å². The van der Waals surface area contributed by atoms with E-state index in [1.54, 1.807) is 0 Å². The van der Waals surface area contributed by atoms with Crippen LogP contribution < -0.4 is 5.32 Å². The Labute approximate surface area is 164 Å². The first-order valence-corrected chi connectivity index (χ1v) is 10.1. The zero-order valence-electron chi connectivity index (χ0n) is 15.8. The van der Waals surface area contributed by atoms with Crippen LogP contribution in [0, 0.1) is 26.7 Å². The molecule has 1 saturated heterocycles. The summed E-state index contributed by atoms with van der Waals surface area (Å²) < 4.78 is 1.10. The van der Waals surface area contributed by atoms with E-state index >= 15 is 0 Å². The molecule has 1 unspecified atom stereocenters. The molecule has 2 aromatic rings. The van der Waals surface area contributed by atoms with Crippen LogP contribution in [-0.2, 0) is 11.3 Å². The van der Waals surface area contributed by atoms with E-state index in [2.05, 4.69) is 77.2 Å². The molecule has 0 spiro atoms. The summed E-state index contributed by atoms with van der Waals surface area (Å²) in [4.78, 5) is 15.3. The van der Waals surface area contributed by atoms with Gasteiger partial charge in [-0.2, -0.15) is 0 Å². The monoisotopic (exact) mass is 414 g/mol. The summed E-state index contributed by atoms with van der Waals surface area (Å²) in [6.45, 7) is 8.99. The van der Waals surface area contributed by atoms with Crippen molar-refractivity contribution < 1.29 is 4.79 Å². The highest BCUT2D eigenvalue weighted by Crippen LogP contribution is 2.25. The van der Waals surface area contributed by atoms with Gasteiger partial charge in [-0.05, 0) is 69.0 Å². The van der Waals surface area contributed by atoms with Crippen molar-refractivity contribution in [1.82, 2.24) is 4.90 Å². The molecule has 3 rings (SSSR count). The number of hydrogen-bond acceptors (Lipinski definition) is 2. The molecule has 0 aromatic heterocycles. The van der Waals surface area contributed by atoms with E-state index in [1.165, 1.54) is 11.1 Å². The lowest BCUT2D eigenvalue weighted by molar-refractivity contribution is -0.121. The van der Waals surface area contributed by atoms with Gasteiger partial charge in [-0.1, -0.05) is 45.8 Å². The number of hydrogen-bond donors (Lipinski definition) is 1. The average Bonchev–Trinajstić information content (AvgIpc) is 2.58. The topological polar surface area (TPSA) is 32.3 Å². The summed E-state index contributed by atoms with van der Waals surface area (Å²) in [5.41, 5.74) is 5.77. The van der Waals surface area contributed by atoms with E-state index in [4.69, 9.17) is 0 Å². The summed E-state index contributed by atoms with van der Waals surface area (Å²) in [6.07, 6.45) is 2.03. The molecule has 0 aliphatic carbocycles. The van der Waals surface area contributed by atoms with Gasteiger partial charge in [0.05, 0.1) is 5.92 Å². The number of amides is 1. The van der Waals surface area contributed by atoms with Crippen LogP contribution in [-0.4, -0.2) is 23.9 Å². The number of rotatable bonds is 4. The van der Waals surface area contributed by atoms with Crippen molar-refractivity contribution in [3.8, 4) is 0 Å². The molecule has 2 aromatic carbocycles. The number of halogens is 1. The maximum Gasteiger partial charge on any atom is 0.228 e. The maximum atomic E-state index is 12.9. The van der Waals surface area contributed by atoms with E-state index in [1.807, 2.05) is 6.07 Å². The molecular formula is C22H27BrN2O. The standard InChI is InChI=1S/C22H27BrN2O/c1-15-10-16(2)21(17(3)11-15)24-22(26)19-7-5-9-25(14-19)13-18-6-4-8-20(23)12-18/h4,6,8,10-12,19H,5,7,9,13-14H2,1-3H3,(H,24,26). The number of carbonyl (C=O) groups excluding carboxylic acids is 1. The molecule has 26 heavy (non-hydrogen) atoms. The van der Waals surface area contributed by atoms with Crippen molar-refractivity contribution in [1.29, 1.82) is 0 Å². The zero-order valence-corrected chi connectivity index (χ0v) is 17.4. The molecule has 4 heteroatoms. The Morgan fingerprint density at radius 3 is 2.62 bits per heavy atom. The minimum atomic E-state index is 0.0519. The normalized spacial score (nSPS) is 17.9. The summed E-state index contributed by atoms with van der Waals surface area (Å²) in [5, 5.41) is 3.20. The summed E-state index contributed by atoms with van der Waals surface area (Å²) in [5.74, 6) is 0.204. The Hall–Kier alpha value is -1.65. The van der Waals surface area contributed by atoms with Crippen molar-refractivity contribution >= 4 is 27.5 Å². The van der Waals surface area contributed by atoms with Crippen molar-refractivity contribution in [3.63, 3.8) is 0 Å². The smallest absolute Gasteiger partial charge is 0.228 e. The van der Waals surface area contributed by atoms with Crippen LogP contribution in [0.2, 0.25) is 0 Å². The first-order chi connectivity index (χ1) is 12.4. The molecule has 138 valence electrons. The van der Waals surface area contributed by atoms with E-state index in [-0.39, 0.29) is 11.8 Å². The van der Waals surface area contributed by atoms with Gasteiger partial charge in [0.25, 0.3) is 0 Å². The highest BCUT2D eigenvalue weighted by atomic mass is 79.9. The van der Waals surface area contributed by atoms with Gasteiger partial charge in [0.1, 0.15) is 0 Å². The van der Waals surface area contributed by atoms with Crippen LogP contribution in [0.5, 0.6) is 0 Å². The molecule has 3 nitrogen and oxygen atoms in total. The third kappa shape index (κ3) is 4.74. The van der Waals surface area contributed by atoms with Gasteiger partial charge >= 0.3 is 0 Å². The second kappa shape index (κ2) is 8.36. The van der Waals surface area contributed by atoms with Crippen LogP contribution >= 0.6 is 15.9 Å². The quantitative estimate of drug-likeness (QED) is 0.742. The van der Waals surface area contributed by atoms with Crippen LogP contribution in [0.1, 0.15) is 35.1 Å². The molecule has 0 saturated carbocycles. The minimum Gasteiger partial charge on any atom is -0.325 e. The Bertz CT molecular complexity index is 779. The number of nitrogens with zero attached hydrogens (tertiary/aromatic N) is 1. The number of anilines is 1. The summed E-state index contributed by atoms with van der Waals surface area (Å²) in [6, 6.07) is 12.7. The van der Waals surface area contributed by atoms with Gasteiger partial charge < -0.3 is 5.32 Å². The van der Waals surface area contributed by atoms with Gasteiger partial charge in [0.15, 0.2) is 0 Å². The SMILES string of the molecule is Cc1cc(C)c(NC(=O)C2CCCN(Cc3cccc(Br)c3)C2)c(C)c1. The molecule has 1 heterocycles. The summed E-state index contributed by atoms with van der Waals surface area (Å²) in [7, 11) is 0. The summed E-state index contributed by atoms with van der Waals surface area (Å²) >= 11 is 3.54. The Kier molecular flexibility index (Phi) is 6.15. The third-order valence-corrected chi connectivity index (χ3v) is 5.59. The third-order valence-electron chi connectivity index (χ3n) is 5.10. The molecule has 1 fully saturated rings. The van der Waals surface area contributed by atoms with Gasteiger partial charge in [0.2, 0.25) is 5.91 Å². The van der Waals surface area contributed by atoms with Crippen LogP contribution in [0.4, 0.5) is 5.69 Å². The highest BCUT2D eigenvalue weighted by molar-refractivity contribution is 9.10. The van der Waals surface area contributed by atoms with Crippen LogP contribution in [0.15, 0.2) is 40.9 Å². The van der Waals surface area contributed by atoms with Crippen LogP contribution in [0.25, 0.3) is 0 Å². The molecule has 0 radical (unpaired) electrons. The lowest BCUT2D eigenvalue weighted by Gasteiger charge is -2.32. The fourth-order valence-corrected chi connectivity index (χ4v) is 4.36. The predicted molar refractivity (Wildman–Crippen MR) is 111 cm³/mol. The molecule has 1 aliphatic rings. The van der Waals surface area contributed by atoms with E-state index in [0.717, 1.165) is 53.8 Å². The fraction of sp³-hybridized carbons (Fsp3) is 0.409. The number of likely N-dealkylation sites (tertiary alicyclic amines) is 1. The maximum absolute atomic E-state index is 12.9. The van der Waals surface area contributed by atoms with Gasteiger partial charge in [-0.25, -0.2) is 0 Å². The fourth-order valence-electron chi connectivity index (χ4n) is 3.91. The number of aryl methyl sites for hydroxylation is 3. The van der Waals surface area contributed by atoms with Gasteiger partial charge in [0, 0.05) is 23.2 Å². The van der Waals surface area contributed by atoms with Crippen molar-refractivity contribution in [2.24, 2.45) is 5.92 Å². The molecule has 1 amide bonds. The lowest BCUT2D eigenvalue weighted by Crippen LogP contribution is -2.40.